The molecule has 0 aromatic carbocycles. The van der Waals surface area contributed by atoms with Gasteiger partial charge in [0.2, 0.25) is 5.24 Å². The van der Waals surface area contributed by atoms with Crippen LogP contribution in [0.4, 0.5) is 0 Å². The average Bonchev–Trinajstić information content (AvgIpc) is 2.20. The van der Waals surface area contributed by atoms with Crippen molar-refractivity contribution in [3.05, 3.63) is 0 Å². The topological polar surface area (TPSA) is 37.3 Å². The van der Waals surface area contributed by atoms with Crippen LogP contribution in [0.25, 0.3) is 0 Å². The highest BCUT2D eigenvalue weighted by Gasteiger charge is 2.46. The Kier molecular flexibility index (Phi) is 4.60. The molecule has 1 N–H and O–H groups in total. The van der Waals surface area contributed by atoms with E-state index in [4.69, 9.17) is 11.6 Å². The lowest BCUT2D eigenvalue weighted by atomic mass is 9.64. The number of hydrogen-bond acceptors (Lipinski definition) is 2. The fourth-order valence-corrected chi connectivity index (χ4v) is 3.28. The maximum absolute atomic E-state index is 11.6. The number of hydrogen-bond donors (Lipinski definition) is 1. The molecule has 0 amide bonds. The number of aliphatic hydroxyl groups is 1. The van der Waals surface area contributed by atoms with Gasteiger partial charge in [-0.2, -0.15) is 0 Å². The van der Waals surface area contributed by atoms with Gasteiger partial charge in [-0.25, -0.2) is 0 Å². The van der Waals surface area contributed by atoms with Crippen molar-refractivity contribution in [2.75, 3.05) is 6.61 Å². The smallest absolute Gasteiger partial charge is 0.230 e. The highest BCUT2D eigenvalue weighted by molar-refractivity contribution is 6.64. The van der Waals surface area contributed by atoms with Crippen LogP contribution in [0.2, 0.25) is 0 Å². The van der Waals surface area contributed by atoms with Crippen molar-refractivity contribution in [1.82, 2.24) is 0 Å². The van der Waals surface area contributed by atoms with Crippen molar-refractivity contribution in [2.24, 2.45) is 17.3 Å². The first-order valence-electron chi connectivity index (χ1n) is 5.86. The maximum atomic E-state index is 11.6. The van der Waals surface area contributed by atoms with E-state index >= 15 is 0 Å². The van der Waals surface area contributed by atoms with Gasteiger partial charge >= 0.3 is 0 Å². The normalized spacial score (nSPS) is 22.7. The monoisotopic (exact) mass is 232 g/mol. The molecule has 1 unspecified atom stereocenters. The first kappa shape index (κ1) is 13.0. The molecule has 0 aromatic heterocycles. The zero-order chi connectivity index (χ0) is 11.5. The second kappa shape index (κ2) is 5.31. The van der Waals surface area contributed by atoms with E-state index in [1.165, 1.54) is 6.42 Å². The Morgan fingerprint density at radius 1 is 1.40 bits per heavy atom. The molecule has 1 fully saturated rings. The summed E-state index contributed by atoms with van der Waals surface area (Å²) in [5, 5.41) is 9.21. The van der Waals surface area contributed by atoms with Crippen LogP contribution in [0.15, 0.2) is 0 Å². The molecule has 0 aromatic rings. The molecule has 0 bridgehead atoms. The number of aliphatic hydroxyl groups excluding tert-OH is 1. The summed E-state index contributed by atoms with van der Waals surface area (Å²) in [5.41, 5.74) is -0.706. The molecule has 2 nitrogen and oxygen atoms in total. The highest BCUT2D eigenvalue weighted by Crippen LogP contribution is 2.45. The van der Waals surface area contributed by atoms with E-state index in [1.54, 1.807) is 0 Å². The zero-order valence-corrected chi connectivity index (χ0v) is 10.4. The van der Waals surface area contributed by atoms with Crippen LogP contribution in [-0.4, -0.2) is 17.0 Å². The molecule has 0 spiro atoms. The molecule has 0 radical (unpaired) electrons. The van der Waals surface area contributed by atoms with E-state index in [0.29, 0.717) is 0 Å². The fraction of sp³-hybridized carbons (Fsp3) is 0.917. The van der Waals surface area contributed by atoms with Crippen molar-refractivity contribution < 1.29 is 9.90 Å². The van der Waals surface area contributed by atoms with Gasteiger partial charge in [-0.15, -0.1) is 0 Å². The van der Waals surface area contributed by atoms with Crippen LogP contribution in [0.5, 0.6) is 0 Å². The Morgan fingerprint density at radius 2 is 1.93 bits per heavy atom. The molecule has 0 saturated heterocycles. The van der Waals surface area contributed by atoms with Gasteiger partial charge in [-0.1, -0.05) is 33.1 Å². The fourth-order valence-electron chi connectivity index (χ4n) is 2.85. The Labute approximate surface area is 97.0 Å². The highest BCUT2D eigenvalue weighted by atomic mass is 35.5. The third-order valence-electron chi connectivity index (χ3n) is 3.99. The molecular weight excluding hydrogens is 212 g/mol. The predicted octanol–water partition coefficient (Wildman–Crippen LogP) is 2.97. The van der Waals surface area contributed by atoms with Crippen LogP contribution < -0.4 is 0 Å². The Balaban J connectivity index is 2.91. The number of carbonyl (C=O) groups excluding carboxylic acids is 1. The third-order valence-corrected chi connectivity index (χ3v) is 4.34. The van der Waals surface area contributed by atoms with Gasteiger partial charge in [0.25, 0.3) is 0 Å². The minimum Gasteiger partial charge on any atom is -0.395 e. The summed E-state index contributed by atoms with van der Waals surface area (Å²) in [5.74, 6) is 0.372. The second-order valence-corrected chi connectivity index (χ2v) is 5.31. The molecule has 3 heteroatoms. The van der Waals surface area contributed by atoms with Gasteiger partial charge in [-0.3, -0.25) is 4.79 Å². The van der Waals surface area contributed by atoms with Gasteiger partial charge in [0, 0.05) is 0 Å². The standard InChI is InChI=1S/C12H21ClO2/c1-9(2)12(8-14,11(13)15)10-6-4-3-5-7-10/h9-10,14H,3-8H2,1-2H3. The lowest BCUT2D eigenvalue weighted by Crippen LogP contribution is -2.45. The molecule has 1 atom stereocenters. The van der Waals surface area contributed by atoms with Crippen LogP contribution in [0, 0.1) is 17.3 Å². The lowest BCUT2D eigenvalue weighted by Gasteiger charge is -2.41. The van der Waals surface area contributed by atoms with Crippen molar-refractivity contribution in [1.29, 1.82) is 0 Å². The zero-order valence-electron chi connectivity index (χ0n) is 9.63. The van der Waals surface area contributed by atoms with E-state index in [-0.39, 0.29) is 23.7 Å². The summed E-state index contributed by atoms with van der Waals surface area (Å²) in [6, 6.07) is 0. The predicted molar refractivity (Wildman–Crippen MR) is 61.8 cm³/mol. The van der Waals surface area contributed by atoms with Gasteiger partial charge in [-0.05, 0) is 36.3 Å². The van der Waals surface area contributed by atoms with Crippen molar-refractivity contribution in [3.8, 4) is 0 Å². The van der Waals surface area contributed by atoms with E-state index in [1.807, 2.05) is 13.8 Å². The van der Waals surface area contributed by atoms with E-state index in [9.17, 15) is 9.90 Å². The summed E-state index contributed by atoms with van der Waals surface area (Å²) >= 11 is 5.73. The molecule has 1 aliphatic rings. The quantitative estimate of drug-likeness (QED) is 0.757. The first-order chi connectivity index (χ1) is 7.05. The average molecular weight is 233 g/mol. The molecule has 0 aliphatic heterocycles. The second-order valence-electron chi connectivity index (χ2n) is 4.96. The minimum absolute atomic E-state index is 0.107. The summed E-state index contributed by atoms with van der Waals surface area (Å²) < 4.78 is 0. The summed E-state index contributed by atoms with van der Waals surface area (Å²) in [6.45, 7) is 3.84. The van der Waals surface area contributed by atoms with Gasteiger partial charge in [0.15, 0.2) is 0 Å². The molecule has 15 heavy (non-hydrogen) atoms. The maximum Gasteiger partial charge on any atom is 0.230 e. The largest absolute Gasteiger partial charge is 0.395 e. The van der Waals surface area contributed by atoms with Gasteiger partial charge in [0.05, 0.1) is 12.0 Å². The van der Waals surface area contributed by atoms with Crippen LogP contribution in [0.1, 0.15) is 46.0 Å². The van der Waals surface area contributed by atoms with E-state index in [0.717, 1.165) is 25.7 Å². The van der Waals surface area contributed by atoms with Crippen molar-refractivity contribution >= 4 is 16.8 Å². The molecule has 88 valence electrons. The molecule has 1 rings (SSSR count). The summed E-state index contributed by atoms with van der Waals surface area (Å²) in [7, 11) is 0. The van der Waals surface area contributed by atoms with Crippen LogP contribution in [-0.2, 0) is 4.79 Å². The Bertz CT molecular complexity index is 222. The van der Waals surface area contributed by atoms with Crippen LogP contribution >= 0.6 is 11.6 Å². The lowest BCUT2D eigenvalue weighted by molar-refractivity contribution is -0.131. The minimum atomic E-state index is -0.706. The SMILES string of the molecule is CC(C)C(CO)(C(=O)Cl)C1CCCCC1. The molecule has 0 heterocycles. The summed E-state index contributed by atoms with van der Waals surface area (Å²) in [6.07, 6.45) is 5.60. The number of carbonyl (C=O) groups is 1. The van der Waals surface area contributed by atoms with E-state index < -0.39 is 5.41 Å². The number of rotatable bonds is 4. The molecular formula is C12H21ClO2. The van der Waals surface area contributed by atoms with Crippen molar-refractivity contribution in [2.45, 2.75) is 46.0 Å². The molecule has 1 aliphatic carbocycles. The Morgan fingerprint density at radius 3 is 2.27 bits per heavy atom. The summed E-state index contributed by atoms with van der Waals surface area (Å²) in [4.78, 5) is 11.6. The Hall–Kier alpha value is -0.0800. The van der Waals surface area contributed by atoms with Crippen molar-refractivity contribution in [3.63, 3.8) is 0 Å². The van der Waals surface area contributed by atoms with Crippen LogP contribution in [0.3, 0.4) is 0 Å². The van der Waals surface area contributed by atoms with E-state index in [2.05, 4.69) is 0 Å². The van der Waals surface area contributed by atoms with Gasteiger partial charge < -0.3 is 5.11 Å². The van der Waals surface area contributed by atoms with Gasteiger partial charge in [0.1, 0.15) is 0 Å². The number of halogens is 1. The third kappa shape index (κ3) is 2.36. The molecule has 1 saturated carbocycles. The first-order valence-corrected chi connectivity index (χ1v) is 6.24.